The van der Waals surface area contributed by atoms with Gasteiger partial charge < -0.3 is 15.4 Å². The molecule has 24 heavy (non-hydrogen) atoms. The molecule has 2 N–H and O–H groups in total. The Morgan fingerprint density at radius 1 is 0.625 bits per heavy atom. The molecule has 4 heteroatoms. The van der Waals surface area contributed by atoms with Gasteiger partial charge >= 0.3 is 0 Å². The fourth-order valence-electron chi connectivity index (χ4n) is 2.25. The van der Waals surface area contributed by atoms with E-state index in [2.05, 4.69) is 10.6 Å². The molecule has 0 unspecified atom stereocenters. The summed E-state index contributed by atoms with van der Waals surface area (Å²) in [7, 11) is 0. The first-order chi connectivity index (χ1) is 11.8. The molecule has 0 spiro atoms. The number of nitrogens with one attached hydrogen (secondary N) is 2. The summed E-state index contributed by atoms with van der Waals surface area (Å²) in [6.45, 7) is 1.50. The third-order valence-electron chi connectivity index (χ3n) is 3.46. The number of anilines is 2. The third kappa shape index (κ3) is 4.74. The van der Waals surface area contributed by atoms with Gasteiger partial charge in [0.2, 0.25) is 0 Å². The second kappa shape index (κ2) is 8.02. The Kier molecular flexibility index (Phi) is 5.30. The van der Waals surface area contributed by atoms with Crippen LogP contribution in [-0.2, 0) is 0 Å². The number of halogens is 1. The third-order valence-corrected chi connectivity index (χ3v) is 3.46. The van der Waals surface area contributed by atoms with Gasteiger partial charge in [-0.2, -0.15) is 0 Å². The van der Waals surface area contributed by atoms with Gasteiger partial charge in [0.1, 0.15) is 17.3 Å². The molecule has 0 saturated carbocycles. The van der Waals surface area contributed by atoms with E-state index in [9.17, 15) is 4.39 Å². The molecule has 0 aliphatic carbocycles. The van der Waals surface area contributed by atoms with E-state index in [4.69, 9.17) is 4.74 Å². The number of para-hydroxylation sites is 1. The Balaban J connectivity index is 1.43. The molecule has 3 rings (SSSR count). The van der Waals surface area contributed by atoms with Crippen LogP contribution in [0.15, 0.2) is 78.9 Å². The zero-order chi connectivity index (χ0) is 16.6. The zero-order valence-electron chi connectivity index (χ0n) is 13.2. The van der Waals surface area contributed by atoms with E-state index in [1.54, 1.807) is 12.1 Å². The normalized spacial score (nSPS) is 10.2. The van der Waals surface area contributed by atoms with Gasteiger partial charge in [0, 0.05) is 24.5 Å². The summed E-state index contributed by atoms with van der Waals surface area (Å²) < 4.78 is 18.6. The predicted molar refractivity (Wildman–Crippen MR) is 96.3 cm³/mol. The van der Waals surface area contributed by atoms with E-state index < -0.39 is 0 Å². The maximum absolute atomic E-state index is 12.8. The van der Waals surface area contributed by atoms with Crippen LogP contribution in [-0.4, -0.2) is 13.1 Å². The van der Waals surface area contributed by atoms with Crippen molar-refractivity contribution in [3.8, 4) is 11.5 Å². The minimum atomic E-state index is -0.225. The molecule has 0 aliphatic rings. The molecule has 3 nitrogen and oxygen atoms in total. The zero-order valence-corrected chi connectivity index (χ0v) is 13.2. The topological polar surface area (TPSA) is 33.3 Å². The van der Waals surface area contributed by atoms with E-state index in [1.807, 2.05) is 54.6 Å². The van der Waals surface area contributed by atoms with Gasteiger partial charge in [-0.05, 0) is 60.7 Å². The van der Waals surface area contributed by atoms with E-state index in [1.165, 1.54) is 12.1 Å². The Hall–Kier alpha value is -3.01. The predicted octanol–water partition coefficient (Wildman–Crippen LogP) is 5.14. The lowest BCUT2D eigenvalue weighted by Gasteiger charge is -2.10. The van der Waals surface area contributed by atoms with E-state index >= 15 is 0 Å². The van der Waals surface area contributed by atoms with Gasteiger partial charge in [-0.15, -0.1) is 0 Å². The summed E-state index contributed by atoms with van der Waals surface area (Å²) in [5.74, 6) is 1.40. The highest BCUT2D eigenvalue weighted by Crippen LogP contribution is 2.22. The van der Waals surface area contributed by atoms with Gasteiger partial charge in [-0.1, -0.05) is 18.2 Å². The first-order valence-corrected chi connectivity index (χ1v) is 7.86. The Labute approximate surface area is 141 Å². The van der Waals surface area contributed by atoms with Crippen molar-refractivity contribution in [3.63, 3.8) is 0 Å². The van der Waals surface area contributed by atoms with Crippen LogP contribution < -0.4 is 15.4 Å². The minimum Gasteiger partial charge on any atom is -0.457 e. The molecule has 0 bridgehead atoms. The first kappa shape index (κ1) is 15.9. The number of rotatable bonds is 7. The molecular formula is C20H19FN2O. The van der Waals surface area contributed by atoms with Crippen LogP contribution in [0, 0.1) is 5.82 Å². The fraction of sp³-hybridized carbons (Fsp3) is 0.100. The van der Waals surface area contributed by atoms with Gasteiger partial charge in [0.15, 0.2) is 0 Å². The molecule has 122 valence electrons. The molecule has 0 aliphatic heterocycles. The van der Waals surface area contributed by atoms with Crippen molar-refractivity contribution >= 4 is 11.4 Å². The number of hydrogen-bond acceptors (Lipinski definition) is 3. The monoisotopic (exact) mass is 322 g/mol. The fourth-order valence-corrected chi connectivity index (χ4v) is 2.25. The van der Waals surface area contributed by atoms with Crippen LogP contribution in [0.3, 0.4) is 0 Å². The maximum atomic E-state index is 12.8. The molecule has 0 fully saturated rings. The average molecular weight is 322 g/mol. The van der Waals surface area contributed by atoms with Crippen LogP contribution in [0.25, 0.3) is 0 Å². The van der Waals surface area contributed by atoms with Crippen molar-refractivity contribution in [2.75, 3.05) is 23.7 Å². The van der Waals surface area contributed by atoms with Gasteiger partial charge in [-0.3, -0.25) is 0 Å². The first-order valence-electron chi connectivity index (χ1n) is 7.86. The average Bonchev–Trinajstić information content (AvgIpc) is 2.62. The second-order valence-corrected chi connectivity index (χ2v) is 5.30. The van der Waals surface area contributed by atoms with Crippen LogP contribution >= 0.6 is 0 Å². The highest BCUT2D eigenvalue weighted by molar-refractivity contribution is 5.48. The van der Waals surface area contributed by atoms with Gasteiger partial charge in [0.25, 0.3) is 0 Å². The lowest BCUT2D eigenvalue weighted by Crippen LogP contribution is -2.13. The van der Waals surface area contributed by atoms with E-state index in [0.717, 1.165) is 36.0 Å². The van der Waals surface area contributed by atoms with E-state index in [-0.39, 0.29) is 5.82 Å². The molecule has 3 aromatic rings. The quantitative estimate of drug-likeness (QED) is 0.591. The molecule has 0 aromatic heterocycles. The number of ether oxygens (including phenoxy) is 1. The van der Waals surface area contributed by atoms with Crippen LogP contribution in [0.4, 0.5) is 15.8 Å². The standard InChI is InChI=1S/C20H19FN2O/c21-16-6-8-17(9-7-16)22-14-15-23-18-10-12-20(13-11-18)24-19-4-2-1-3-5-19/h1-13,22-23H,14-15H2. The summed E-state index contributed by atoms with van der Waals surface area (Å²) in [6.07, 6.45) is 0. The van der Waals surface area contributed by atoms with Gasteiger partial charge in [0.05, 0.1) is 0 Å². The Bertz CT molecular complexity index is 743. The largest absolute Gasteiger partial charge is 0.457 e. The lowest BCUT2D eigenvalue weighted by molar-refractivity contribution is 0.483. The number of hydrogen-bond donors (Lipinski definition) is 2. The number of benzene rings is 3. The van der Waals surface area contributed by atoms with Crippen LogP contribution in [0.5, 0.6) is 11.5 Å². The second-order valence-electron chi connectivity index (χ2n) is 5.30. The molecule has 0 amide bonds. The summed E-state index contributed by atoms with van der Waals surface area (Å²) in [6, 6.07) is 23.9. The molecule has 0 radical (unpaired) electrons. The van der Waals surface area contributed by atoms with Crippen molar-refractivity contribution < 1.29 is 9.13 Å². The van der Waals surface area contributed by atoms with Crippen LogP contribution in [0.1, 0.15) is 0 Å². The van der Waals surface area contributed by atoms with E-state index in [0.29, 0.717) is 0 Å². The van der Waals surface area contributed by atoms with Crippen molar-refractivity contribution in [2.45, 2.75) is 0 Å². The Morgan fingerprint density at radius 2 is 1.12 bits per heavy atom. The van der Waals surface area contributed by atoms with Crippen molar-refractivity contribution in [1.29, 1.82) is 0 Å². The summed E-state index contributed by atoms with van der Waals surface area (Å²) >= 11 is 0. The molecule has 0 saturated heterocycles. The molecule has 0 atom stereocenters. The van der Waals surface area contributed by atoms with Gasteiger partial charge in [-0.25, -0.2) is 4.39 Å². The van der Waals surface area contributed by atoms with Crippen molar-refractivity contribution in [3.05, 3.63) is 84.7 Å². The molecular weight excluding hydrogens is 303 g/mol. The minimum absolute atomic E-state index is 0.225. The van der Waals surface area contributed by atoms with Crippen molar-refractivity contribution in [2.24, 2.45) is 0 Å². The highest BCUT2D eigenvalue weighted by atomic mass is 19.1. The van der Waals surface area contributed by atoms with Crippen LogP contribution in [0.2, 0.25) is 0 Å². The molecule has 0 heterocycles. The lowest BCUT2D eigenvalue weighted by atomic mass is 10.3. The Morgan fingerprint density at radius 3 is 1.71 bits per heavy atom. The SMILES string of the molecule is Fc1ccc(NCCNc2ccc(Oc3ccccc3)cc2)cc1. The summed E-state index contributed by atoms with van der Waals surface area (Å²) in [5.41, 5.74) is 1.93. The molecule has 3 aromatic carbocycles. The maximum Gasteiger partial charge on any atom is 0.127 e. The highest BCUT2D eigenvalue weighted by Gasteiger charge is 1.98. The smallest absolute Gasteiger partial charge is 0.127 e. The summed E-state index contributed by atoms with van der Waals surface area (Å²) in [4.78, 5) is 0. The van der Waals surface area contributed by atoms with Crippen molar-refractivity contribution in [1.82, 2.24) is 0 Å². The summed E-state index contributed by atoms with van der Waals surface area (Å²) in [5, 5.41) is 6.56.